The molecule has 1 aliphatic heterocycles. The number of nitrogens with two attached hydrogens (primary N) is 1. The summed E-state index contributed by atoms with van der Waals surface area (Å²) in [5, 5.41) is 2.33. The summed E-state index contributed by atoms with van der Waals surface area (Å²) in [6, 6.07) is 2.61. The first-order chi connectivity index (χ1) is 8.90. The third-order valence-electron chi connectivity index (χ3n) is 2.92. The number of likely N-dealkylation sites (tertiary alicyclic amines) is 1. The van der Waals surface area contributed by atoms with E-state index in [-0.39, 0.29) is 23.6 Å². The smallest absolute Gasteiger partial charge is 0.254 e. The zero-order chi connectivity index (χ0) is 14.2. The number of nitrogens with one attached hydrogen (secondary N) is 1. The van der Waals surface area contributed by atoms with Crippen LogP contribution in [-0.2, 0) is 9.59 Å². The van der Waals surface area contributed by atoms with Gasteiger partial charge in [-0.3, -0.25) is 19.3 Å². The molecule has 1 atom stereocenters. The van der Waals surface area contributed by atoms with Gasteiger partial charge in [0.15, 0.2) is 0 Å². The summed E-state index contributed by atoms with van der Waals surface area (Å²) in [7, 11) is 1.33. The number of hydrogen-bond donors (Lipinski definition) is 2. The average molecular weight is 265 g/mol. The molecule has 1 saturated heterocycles. The van der Waals surface area contributed by atoms with Crippen LogP contribution in [0.25, 0.3) is 0 Å². The van der Waals surface area contributed by atoms with Gasteiger partial charge in [-0.25, -0.2) is 4.39 Å². The summed E-state index contributed by atoms with van der Waals surface area (Å²) in [6.45, 7) is 0. The summed E-state index contributed by atoms with van der Waals surface area (Å²) >= 11 is 0. The molecule has 3 amide bonds. The number of carbonyl (C=O) groups is 3. The summed E-state index contributed by atoms with van der Waals surface area (Å²) in [5.74, 6) is -2.41. The first kappa shape index (κ1) is 13.0. The van der Waals surface area contributed by atoms with Crippen molar-refractivity contribution in [2.75, 3.05) is 12.8 Å². The molecule has 7 heteroatoms. The highest BCUT2D eigenvalue weighted by Crippen LogP contribution is 2.15. The molecule has 0 aromatic heterocycles. The number of halogens is 1. The fourth-order valence-electron chi connectivity index (χ4n) is 1.82. The molecule has 3 N–H and O–H groups in total. The first-order valence-electron chi connectivity index (χ1n) is 5.56. The number of amides is 3. The second-order valence-electron chi connectivity index (χ2n) is 4.26. The second-order valence-corrected chi connectivity index (χ2v) is 4.26. The lowest BCUT2D eigenvalue weighted by atomic mass is 10.1. The van der Waals surface area contributed by atoms with Crippen molar-refractivity contribution < 1.29 is 18.8 Å². The van der Waals surface area contributed by atoms with E-state index in [1.54, 1.807) is 0 Å². The maximum absolute atomic E-state index is 13.5. The molecule has 6 nitrogen and oxygen atoms in total. The summed E-state index contributed by atoms with van der Waals surface area (Å²) in [5.41, 5.74) is 5.45. The van der Waals surface area contributed by atoms with Crippen LogP contribution in [0.5, 0.6) is 0 Å². The third kappa shape index (κ3) is 2.40. The number of anilines is 1. The average Bonchev–Trinajstić information content (AvgIpc) is 2.60. The Morgan fingerprint density at radius 2 is 2.16 bits per heavy atom. The van der Waals surface area contributed by atoms with Crippen molar-refractivity contribution in [2.24, 2.45) is 0 Å². The van der Waals surface area contributed by atoms with E-state index in [0.29, 0.717) is 0 Å². The monoisotopic (exact) mass is 265 g/mol. The predicted octanol–water partition coefficient (Wildman–Crippen LogP) is -0.105. The number of rotatable bonds is 2. The van der Waals surface area contributed by atoms with Crippen molar-refractivity contribution in [3.63, 3.8) is 0 Å². The minimum atomic E-state index is -0.953. The number of hydrogen-bond acceptors (Lipinski definition) is 4. The summed E-state index contributed by atoms with van der Waals surface area (Å²) in [6.07, 6.45) is -0.120. The van der Waals surface area contributed by atoms with E-state index in [1.807, 2.05) is 0 Å². The molecule has 1 aliphatic rings. The fraction of sp³-hybridized carbons (Fsp3) is 0.250. The topological polar surface area (TPSA) is 92.5 Å². The molecule has 100 valence electrons. The molecule has 1 aromatic carbocycles. The van der Waals surface area contributed by atoms with Crippen molar-refractivity contribution in [1.29, 1.82) is 0 Å². The molecule has 2 rings (SSSR count). The van der Waals surface area contributed by atoms with Gasteiger partial charge in [0.1, 0.15) is 11.9 Å². The van der Waals surface area contributed by atoms with Gasteiger partial charge >= 0.3 is 0 Å². The van der Waals surface area contributed by atoms with Gasteiger partial charge in [0, 0.05) is 12.7 Å². The Kier molecular flexibility index (Phi) is 3.20. The fourth-order valence-corrected chi connectivity index (χ4v) is 1.82. The van der Waals surface area contributed by atoms with Crippen LogP contribution < -0.4 is 11.1 Å². The van der Waals surface area contributed by atoms with E-state index in [4.69, 9.17) is 5.73 Å². The van der Waals surface area contributed by atoms with Gasteiger partial charge in [0.05, 0.1) is 12.0 Å². The van der Waals surface area contributed by atoms with Crippen LogP contribution in [0.15, 0.2) is 18.2 Å². The van der Waals surface area contributed by atoms with E-state index in [2.05, 4.69) is 5.32 Å². The summed E-state index contributed by atoms with van der Waals surface area (Å²) < 4.78 is 13.5. The van der Waals surface area contributed by atoms with E-state index >= 15 is 0 Å². The molecule has 1 unspecified atom stereocenters. The van der Waals surface area contributed by atoms with E-state index < -0.39 is 23.7 Å². The quantitative estimate of drug-likeness (QED) is 0.576. The highest BCUT2D eigenvalue weighted by atomic mass is 19.1. The van der Waals surface area contributed by atoms with Gasteiger partial charge in [0.2, 0.25) is 5.91 Å². The van der Waals surface area contributed by atoms with E-state index in [0.717, 1.165) is 11.0 Å². The molecule has 0 spiro atoms. The molecular formula is C12H12FN3O3. The Morgan fingerprint density at radius 3 is 2.74 bits per heavy atom. The number of likely N-dealkylation sites (N-methyl/N-ethyl adjacent to an activating group) is 1. The lowest BCUT2D eigenvalue weighted by Gasteiger charge is -2.11. The number of nitrogens with zero attached hydrogens (tertiary/aromatic N) is 1. The Morgan fingerprint density at radius 1 is 1.47 bits per heavy atom. The Bertz CT molecular complexity index is 573. The maximum Gasteiger partial charge on any atom is 0.254 e. The SMILES string of the molecule is CN1C(=O)CC(NC(=O)c2cc(N)ccc2F)C1=O. The number of carbonyl (C=O) groups excluding carboxylic acids is 3. The van der Waals surface area contributed by atoms with Crippen LogP contribution >= 0.6 is 0 Å². The zero-order valence-electron chi connectivity index (χ0n) is 10.1. The van der Waals surface area contributed by atoms with E-state index in [9.17, 15) is 18.8 Å². The molecule has 0 aliphatic carbocycles. The minimum absolute atomic E-state index is 0.120. The van der Waals surface area contributed by atoms with Crippen LogP contribution in [0.2, 0.25) is 0 Å². The largest absolute Gasteiger partial charge is 0.399 e. The Balaban J connectivity index is 2.16. The molecule has 19 heavy (non-hydrogen) atoms. The van der Waals surface area contributed by atoms with Gasteiger partial charge in [-0.2, -0.15) is 0 Å². The zero-order valence-corrected chi connectivity index (χ0v) is 10.1. The minimum Gasteiger partial charge on any atom is -0.399 e. The molecular weight excluding hydrogens is 253 g/mol. The van der Waals surface area contributed by atoms with Crippen molar-refractivity contribution in [3.05, 3.63) is 29.6 Å². The van der Waals surface area contributed by atoms with Gasteiger partial charge < -0.3 is 11.1 Å². The van der Waals surface area contributed by atoms with Crippen LogP contribution in [0.3, 0.4) is 0 Å². The Hall–Kier alpha value is -2.44. The third-order valence-corrected chi connectivity index (χ3v) is 2.92. The maximum atomic E-state index is 13.5. The molecule has 1 heterocycles. The van der Waals surface area contributed by atoms with E-state index in [1.165, 1.54) is 19.2 Å². The normalized spacial score (nSPS) is 18.8. The number of benzene rings is 1. The molecule has 0 saturated carbocycles. The molecule has 0 bridgehead atoms. The lowest BCUT2D eigenvalue weighted by molar-refractivity contribution is -0.137. The van der Waals surface area contributed by atoms with Crippen LogP contribution in [-0.4, -0.2) is 35.7 Å². The standard InChI is InChI=1S/C12H12FN3O3/c1-16-10(17)5-9(12(16)19)15-11(18)7-4-6(14)2-3-8(7)13/h2-4,9H,5,14H2,1H3,(H,15,18). The highest BCUT2D eigenvalue weighted by molar-refractivity contribution is 6.08. The van der Waals surface area contributed by atoms with Gasteiger partial charge in [-0.1, -0.05) is 0 Å². The van der Waals surface area contributed by atoms with Crippen molar-refractivity contribution >= 4 is 23.4 Å². The van der Waals surface area contributed by atoms with Crippen LogP contribution in [0, 0.1) is 5.82 Å². The summed E-state index contributed by atoms with van der Waals surface area (Å²) in [4.78, 5) is 35.7. The van der Waals surface area contributed by atoms with Gasteiger partial charge in [-0.15, -0.1) is 0 Å². The second kappa shape index (κ2) is 4.68. The van der Waals surface area contributed by atoms with Crippen LogP contribution in [0.4, 0.5) is 10.1 Å². The number of imide groups is 1. The lowest BCUT2D eigenvalue weighted by Crippen LogP contribution is -2.40. The highest BCUT2D eigenvalue weighted by Gasteiger charge is 2.37. The van der Waals surface area contributed by atoms with Gasteiger partial charge in [0.25, 0.3) is 11.8 Å². The molecule has 0 radical (unpaired) electrons. The predicted molar refractivity (Wildman–Crippen MR) is 64.5 cm³/mol. The van der Waals surface area contributed by atoms with Crippen molar-refractivity contribution in [3.8, 4) is 0 Å². The van der Waals surface area contributed by atoms with Crippen molar-refractivity contribution in [2.45, 2.75) is 12.5 Å². The van der Waals surface area contributed by atoms with Crippen LogP contribution in [0.1, 0.15) is 16.8 Å². The molecule has 1 aromatic rings. The van der Waals surface area contributed by atoms with Crippen molar-refractivity contribution in [1.82, 2.24) is 10.2 Å². The molecule has 1 fully saturated rings. The first-order valence-corrected chi connectivity index (χ1v) is 5.56. The Labute approximate surface area is 108 Å². The number of nitrogen functional groups attached to an aromatic ring is 1. The van der Waals surface area contributed by atoms with Gasteiger partial charge in [-0.05, 0) is 18.2 Å².